The number of nitrogens with one attached hydrogen (secondary N) is 1. The molecule has 2 heteroatoms. The molecule has 0 aromatic rings. The van der Waals surface area contributed by atoms with Crippen molar-refractivity contribution in [3.8, 4) is 0 Å². The highest BCUT2D eigenvalue weighted by Crippen LogP contribution is 2.47. The third-order valence-corrected chi connectivity index (χ3v) is 3.90. The molecule has 1 aliphatic carbocycles. The zero-order valence-electron chi connectivity index (χ0n) is 9.51. The van der Waals surface area contributed by atoms with Crippen LogP contribution in [-0.4, -0.2) is 25.3 Å². The van der Waals surface area contributed by atoms with Gasteiger partial charge in [-0.05, 0) is 44.4 Å². The lowest BCUT2D eigenvalue weighted by Crippen LogP contribution is -2.31. The van der Waals surface area contributed by atoms with Crippen LogP contribution in [0.1, 0.15) is 46.0 Å². The quantitative estimate of drug-likeness (QED) is 0.730. The molecule has 0 spiro atoms. The number of hydrogen-bond acceptors (Lipinski definition) is 2. The van der Waals surface area contributed by atoms with Crippen LogP contribution in [0.4, 0.5) is 0 Å². The SMILES string of the molecule is CCC1(CNCC2CCC(C)O2)CC1. The molecular formula is C12H23NO. The molecule has 0 radical (unpaired) electrons. The van der Waals surface area contributed by atoms with Gasteiger partial charge >= 0.3 is 0 Å². The fraction of sp³-hybridized carbons (Fsp3) is 1.00. The van der Waals surface area contributed by atoms with Crippen molar-refractivity contribution in [2.24, 2.45) is 5.41 Å². The molecule has 0 amide bonds. The first kappa shape index (κ1) is 10.4. The summed E-state index contributed by atoms with van der Waals surface area (Å²) in [6, 6.07) is 0. The molecule has 1 aliphatic heterocycles. The van der Waals surface area contributed by atoms with Crippen molar-refractivity contribution in [1.82, 2.24) is 5.32 Å². The summed E-state index contributed by atoms with van der Waals surface area (Å²) in [4.78, 5) is 0. The van der Waals surface area contributed by atoms with Crippen LogP contribution in [-0.2, 0) is 4.74 Å². The second-order valence-electron chi connectivity index (χ2n) is 5.13. The Morgan fingerprint density at radius 1 is 1.36 bits per heavy atom. The van der Waals surface area contributed by atoms with Crippen molar-refractivity contribution in [3.63, 3.8) is 0 Å². The number of hydrogen-bond donors (Lipinski definition) is 1. The van der Waals surface area contributed by atoms with Crippen molar-refractivity contribution < 1.29 is 4.74 Å². The molecular weight excluding hydrogens is 174 g/mol. The molecule has 2 unspecified atom stereocenters. The maximum Gasteiger partial charge on any atom is 0.0704 e. The molecule has 1 heterocycles. The molecule has 1 N–H and O–H groups in total. The summed E-state index contributed by atoms with van der Waals surface area (Å²) in [7, 11) is 0. The van der Waals surface area contributed by atoms with Crippen LogP contribution in [0.25, 0.3) is 0 Å². The molecule has 1 saturated heterocycles. The molecule has 1 saturated carbocycles. The van der Waals surface area contributed by atoms with Crippen LogP contribution < -0.4 is 5.32 Å². The van der Waals surface area contributed by atoms with E-state index in [4.69, 9.17) is 4.74 Å². The van der Waals surface area contributed by atoms with Crippen molar-refractivity contribution in [2.45, 2.75) is 58.2 Å². The minimum atomic E-state index is 0.484. The smallest absolute Gasteiger partial charge is 0.0704 e. The molecule has 2 nitrogen and oxygen atoms in total. The molecule has 2 aliphatic rings. The highest BCUT2D eigenvalue weighted by atomic mass is 16.5. The summed E-state index contributed by atoms with van der Waals surface area (Å²) in [6.07, 6.45) is 7.65. The number of rotatable bonds is 5. The van der Waals surface area contributed by atoms with E-state index in [9.17, 15) is 0 Å². The van der Waals surface area contributed by atoms with E-state index in [0.717, 1.165) is 6.54 Å². The predicted octanol–water partition coefficient (Wildman–Crippen LogP) is 2.33. The van der Waals surface area contributed by atoms with E-state index < -0.39 is 0 Å². The van der Waals surface area contributed by atoms with Gasteiger partial charge in [-0.15, -0.1) is 0 Å². The summed E-state index contributed by atoms with van der Waals surface area (Å²) < 4.78 is 5.77. The molecule has 0 bridgehead atoms. The first-order chi connectivity index (χ1) is 6.74. The lowest BCUT2D eigenvalue weighted by Gasteiger charge is -2.16. The van der Waals surface area contributed by atoms with Crippen LogP contribution >= 0.6 is 0 Å². The normalized spacial score (nSPS) is 34.7. The Balaban J connectivity index is 1.59. The zero-order valence-corrected chi connectivity index (χ0v) is 9.51. The highest BCUT2D eigenvalue weighted by molar-refractivity contribution is 4.93. The third kappa shape index (κ3) is 2.48. The predicted molar refractivity (Wildman–Crippen MR) is 58.4 cm³/mol. The van der Waals surface area contributed by atoms with E-state index in [2.05, 4.69) is 19.2 Å². The Hall–Kier alpha value is -0.0800. The fourth-order valence-corrected chi connectivity index (χ4v) is 2.37. The molecule has 0 aromatic carbocycles. The summed E-state index contributed by atoms with van der Waals surface area (Å²) in [6.45, 7) is 6.75. The Morgan fingerprint density at radius 2 is 2.14 bits per heavy atom. The second kappa shape index (κ2) is 4.19. The Bertz CT molecular complexity index is 189. The third-order valence-electron chi connectivity index (χ3n) is 3.90. The average molecular weight is 197 g/mol. The molecule has 2 fully saturated rings. The van der Waals surface area contributed by atoms with E-state index in [-0.39, 0.29) is 0 Å². The van der Waals surface area contributed by atoms with Crippen LogP contribution in [0, 0.1) is 5.41 Å². The highest BCUT2D eigenvalue weighted by Gasteiger charge is 2.40. The van der Waals surface area contributed by atoms with E-state index >= 15 is 0 Å². The Labute approximate surface area is 87.4 Å². The maximum absolute atomic E-state index is 5.77. The Morgan fingerprint density at radius 3 is 2.64 bits per heavy atom. The fourth-order valence-electron chi connectivity index (χ4n) is 2.37. The van der Waals surface area contributed by atoms with Gasteiger partial charge in [-0.25, -0.2) is 0 Å². The van der Waals surface area contributed by atoms with Crippen LogP contribution in [0.5, 0.6) is 0 Å². The van der Waals surface area contributed by atoms with Gasteiger partial charge < -0.3 is 10.1 Å². The molecule has 0 aromatic heterocycles. The summed E-state index contributed by atoms with van der Waals surface area (Å²) in [5, 5.41) is 3.58. The van der Waals surface area contributed by atoms with Gasteiger partial charge in [0.05, 0.1) is 12.2 Å². The van der Waals surface area contributed by atoms with Crippen molar-refractivity contribution in [2.75, 3.05) is 13.1 Å². The van der Waals surface area contributed by atoms with Gasteiger partial charge in [-0.3, -0.25) is 0 Å². The van der Waals surface area contributed by atoms with Crippen LogP contribution in [0.3, 0.4) is 0 Å². The molecule has 2 rings (SSSR count). The van der Waals surface area contributed by atoms with Gasteiger partial charge in [0.15, 0.2) is 0 Å². The second-order valence-corrected chi connectivity index (χ2v) is 5.13. The van der Waals surface area contributed by atoms with E-state index in [1.807, 2.05) is 0 Å². The van der Waals surface area contributed by atoms with Crippen LogP contribution in [0.2, 0.25) is 0 Å². The Kier molecular flexibility index (Phi) is 3.13. The van der Waals surface area contributed by atoms with Gasteiger partial charge in [-0.2, -0.15) is 0 Å². The van der Waals surface area contributed by atoms with Crippen molar-refractivity contribution in [3.05, 3.63) is 0 Å². The van der Waals surface area contributed by atoms with E-state index in [1.165, 1.54) is 38.6 Å². The summed E-state index contributed by atoms with van der Waals surface area (Å²) in [5.74, 6) is 0. The zero-order chi connectivity index (χ0) is 10.0. The lowest BCUT2D eigenvalue weighted by atomic mass is 10.0. The minimum absolute atomic E-state index is 0.484. The topological polar surface area (TPSA) is 21.3 Å². The monoisotopic (exact) mass is 197 g/mol. The summed E-state index contributed by atoms with van der Waals surface area (Å²) in [5.41, 5.74) is 0.671. The molecule has 2 atom stereocenters. The average Bonchev–Trinajstić information content (AvgIpc) is 2.84. The number of ether oxygens (including phenoxy) is 1. The van der Waals surface area contributed by atoms with E-state index in [1.54, 1.807) is 0 Å². The van der Waals surface area contributed by atoms with Crippen molar-refractivity contribution in [1.29, 1.82) is 0 Å². The van der Waals surface area contributed by atoms with Gasteiger partial charge in [0.1, 0.15) is 0 Å². The van der Waals surface area contributed by atoms with Gasteiger partial charge in [0.25, 0.3) is 0 Å². The summed E-state index contributed by atoms with van der Waals surface area (Å²) >= 11 is 0. The molecule has 14 heavy (non-hydrogen) atoms. The first-order valence-corrected chi connectivity index (χ1v) is 6.10. The first-order valence-electron chi connectivity index (χ1n) is 6.10. The van der Waals surface area contributed by atoms with Gasteiger partial charge in [0, 0.05) is 13.1 Å². The lowest BCUT2D eigenvalue weighted by molar-refractivity contribution is 0.0553. The van der Waals surface area contributed by atoms with Gasteiger partial charge in [0.2, 0.25) is 0 Å². The standard InChI is InChI=1S/C12H23NO/c1-3-12(6-7-12)9-13-8-11-5-4-10(2)14-11/h10-11,13H,3-9H2,1-2H3. The van der Waals surface area contributed by atoms with Gasteiger partial charge in [-0.1, -0.05) is 6.92 Å². The van der Waals surface area contributed by atoms with Crippen molar-refractivity contribution >= 4 is 0 Å². The minimum Gasteiger partial charge on any atom is -0.374 e. The molecule has 82 valence electrons. The maximum atomic E-state index is 5.77. The van der Waals surface area contributed by atoms with E-state index in [0.29, 0.717) is 17.6 Å². The largest absolute Gasteiger partial charge is 0.374 e. The van der Waals surface area contributed by atoms with Crippen LogP contribution in [0.15, 0.2) is 0 Å².